The second-order valence-electron chi connectivity index (χ2n) is 3.58. The van der Waals surface area contributed by atoms with Crippen LogP contribution in [0, 0.1) is 0 Å². The lowest BCUT2D eigenvalue weighted by Gasteiger charge is -2.04. The van der Waals surface area contributed by atoms with Gasteiger partial charge in [0.15, 0.2) is 0 Å². The number of nitrogens with zero attached hydrogens (tertiary/aromatic N) is 1. The third-order valence-electron chi connectivity index (χ3n) is 2.23. The van der Waals surface area contributed by atoms with E-state index in [-0.39, 0.29) is 11.7 Å². The van der Waals surface area contributed by atoms with Crippen molar-refractivity contribution in [1.29, 1.82) is 0 Å². The Balaban J connectivity index is 2.10. The van der Waals surface area contributed by atoms with E-state index in [1.807, 2.05) is 18.2 Å². The minimum atomic E-state index is -0.322. The van der Waals surface area contributed by atoms with Gasteiger partial charge in [0, 0.05) is 4.47 Å². The molecule has 0 aliphatic rings. The van der Waals surface area contributed by atoms with E-state index >= 15 is 0 Å². The van der Waals surface area contributed by atoms with E-state index in [0.29, 0.717) is 18.1 Å². The molecule has 1 aromatic carbocycles. The average Bonchev–Trinajstić information content (AvgIpc) is 2.81. The maximum Gasteiger partial charge on any atom is 0.293 e. The first-order valence-electron chi connectivity index (χ1n) is 5.36. The molecule has 1 aromatic heterocycles. The largest absolute Gasteiger partial charge is 0.434 e. The minimum Gasteiger partial charge on any atom is -0.434 e. The number of carbonyl (C=O) groups is 1. The van der Waals surface area contributed by atoms with Gasteiger partial charge in [0.2, 0.25) is 11.7 Å². The van der Waals surface area contributed by atoms with Crippen LogP contribution in [0.2, 0.25) is 0 Å². The molecule has 18 heavy (non-hydrogen) atoms. The van der Waals surface area contributed by atoms with Gasteiger partial charge in [-0.25, -0.2) is 4.98 Å². The van der Waals surface area contributed by atoms with Crippen LogP contribution in [0.3, 0.4) is 0 Å². The summed E-state index contributed by atoms with van der Waals surface area (Å²) < 4.78 is 6.11. The Bertz CT molecular complexity index is 554. The molecule has 2 N–H and O–H groups in total. The van der Waals surface area contributed by atoms with Gasteiger partial charge in [0.1, 0.15) is 0 Å². The maximum atomic E-state index is 11.9. The fourth-order valence-electron chi connectivity index (χ4n) is 1.39. The molecule has 1 amide bonds. The van der Waals surface area contributed by atoms with Crippen molar-refractivity contribution in [2.24, 2.45) is 0 Å². The van der Waals surface area contributed by atoms with Crippen LogP contribution in [0.5, 0.6) is 0 Å². The zero-order valence-corrected chi connectivity index (χ0v) is 11.3. The van der Waals surface area contributed by atoms with E-state index in [1.54, 1.807) is 13.1 Å². The summed E-state index contributed by atoms with van der Waals surface area (Å²) in [6.07, 6.45) is 1.42. The Morgan fingerprint density at radius 1 is 1.44 bits per heavy atom. The summed E-state index contributed by atoms with van der Waals surface area (Å²) in [5, 5.41) is 5.64. The number of carbonyl (C=O) groups excluding carboxylic acids is 1. The van der Waals surface area contributed by atoms with Crippen LogP contribution in [0.25, 0.3) is 0 Å². The van der Waals surface area contributed by atoms with Gasteiger partial charge < -0.3 is 15.1 Å². The monoisotopic (exact) mass is 309 g/mol. The maximum absolute atomic E-state index is 11.9. The number of nitrogens with one attached hydrogen (secondary N) is 2. The van der Waals surface area contributed by atoms with Crippen molar-refractivity contribution in [2.75, 3.05) is 12.4 Å². The van der Waals surface area contributed by atoms with E-state index in [2.05, 4.69) is 31.5 Å². The van der Waals surface area contributed by atoms with Crippen LogP contribution in [0.15, 0.2) is 39.4 Å². The fourth-order valence-corrected chi connectivity index (χ4v) is 1.78. The van der Waals surface area contributed by atoms with E-state index in [0.717, 1.165) is 4.47 Å². The van der Waals surface area contributed by atoms with Crippen LogP contribution >= 0.6 is 15.9 Å². The van der Waals surface area contributed by atoms with Gasteiger partial charge >= 0.3 is 0 Å². The number of hydrogen-bond acceptors (Lipinski definition) is 4. The normalized spacial score (nSPS) is 10.3. The van der Waals surface area contributed by atoms with Gasteiger partial charge in [-0.05, 0) is 35.1 Å². The first-order chi connectivity index (χ1) is 8.70. The lowest BCUT2D eigenvalue weighted by atomic mass is 10.3. The summed E-state index contributed by atoms with van der Waals surface area (Å²) >= 11 is 3.36. The highest BCUT2D eigenvalue weighted by Gasteiger charge is 2.13. The molecular formula is C12H12BrN3O2. The van der Waals surface area contributed by atoms with E-state index in [4.69, 9.17) is 4.42 Å². The van der Waals surface area contributed by atoms with Crippen LogP contribution < -0.4 is 10.6 Å². The van der Waals surface area contributed by atoms with Crippen molar-refractivity contribution in [3.63, 3.8) is 0 Å². The van der Waals surface area contributed by atoms with Gasteiger partial charge in [-0.1, -0.05) is 12.1 Å². The first kappa shape index (κ1) is 12.8. The predicted octanol–water partition coefficient (Wildman–Crippen LogP) is 2.41. The minimum absolute atomic E-state index is 0.191. The second-order valence-corrected chi connectivity index (χ2v) is 4.44. The second kappa shape index (κ2) is 5.79. The number of aromatic nitrogens is 1. The SMILES string of the molecule is CNCc1ncc(C(=O)Nc2ccccc2Br)o1. The number of anilines is 1. The lowest BCUT2D eigenvalue weighted by molar-refractivity contribution is 0.0994. The van der Waals surface area contributed by atoms with Gasteiger partial charge in [0.05, 0.1) is 18.4 Å². The van der Waals surface area contributed by atoms with Crippen LogP contribution in [-0.2, 0) is 6.54 Å². The van der Waals surface area contributed by atoms with Crippen molar-refractivity contribution < 1.29 is 9.21 Å². The summed E-state index contributed by atoms with van der Waals surface area (Å²) in [6.45, 7) is 0.488. The van der Waals surface area contributed by atoms with Crippen molar-refractivity contribution >= 4 is 27.5 Å². The van der Waals surface area contributed by atoms with Gasteiger partial charge in [-0.2, -0.15) is 0 Å². The number of benzene rings is 1. The Morgan fingerprint density at radius 3 is 2.94 bits per heavy atom. The molecule has 0 bridgehead atoms. The van der Waals surface area contributed by atoms with Gasteiger partial charge in [-0.3, -0.25) is 4.79 Å². The number of rotatable bonds is 4. The summed E-state index contributed by atoms with van der Waals surface area (Å²) in [7, 11) is 1.78. The highest BCUT2D eigenvalue weighted by atomic mass is 79.9. The zero-order valence-electron chi connectivity index (χ0n) is 9.74. The van der Waals surface area contributed by atoms with Gasteiger partial charge in [0.25, 0.3) is 5.91 Å². The molecule has 0 saturated carbocycles. The molecule has 0 aliphatic carbocycles. The molecule has 2 rings (SSSR count). The summed E-state index contributed by atoms with van der Waals surface area (Å²) in [6, 6.07) is 7.36. The number of oxazole rings is 1. The van der Waals surface area contributed by atoms with E-state index < -0.39 is 0 Å². The quantitative estimate of drug-likeness (QED) is 0.910. The molecule has 0 unspecified atom stereocenters. The number of amides is 1. The highest BCUT2D eigenvalue weighted by Crippen LogP contribution is 2.21. The fraction of sp³-hybridized carbons (Fsp3) is 0.167. The highest BCUT2D eigenvalue weighted by molar-refractivity contribution is 9.10. The van der Waals surface area contributed by atoms with Crippen LogP contribution in [-0.4, -0.2) is 17.9 Å². The molecule has 0 spiro atoms. The number of hydrogen-bond donors (Lipinski definition) is 2. The Morgan fingerprint density at radius 2 is 2.22 bits per heavy atom. The van der Waals surface area contributed by atoms with E-state index in [9.17, 15) is 4.79 Å². The zero-order chi connectivity index (χ0) is 13.0. The topological polar surface area (TPSA) is 67.2 Å². The number of halogens is 1. The van der Waals surface area contributed by atoms with E-state index in [1.165, 1.54) is 6.20 Å². The Kier molecular flexibility index (Phi) is 4.11. The molecule has 0 saturated heterocycles. The van der Waals surface area contributed by atoms with Crippen LogP contribution in [0.1, 0.15) is 16.4 Å². The molecular weight excluding hydrogens is 298 g/mol. The summed E-state index contributed by atoms with van der Waals surface area (Å²) in [5.41, 5.74) is 0.689. The lowest BCUT2D eigenvalue weighted by Crippen LogP contribution is -2.11. The van der Waals surface area contributed by atoms with Crippen molar-refractivity contribution in [2.45, 2.75) is 6.54 Å². The molecule has 5 nitrogen and oxygen atoms in total. The third kappa shape index (κ3) is 2.96. The average molecular weight is 310 g/mol. The predicted molar refractivity (Wildman–Crippen MR) is 71.4 cm³/mol. The molecule has 6 heteroatoms. The molecule has 2 aromatic rings. The third-order valence-corrected chi connectivity index (χ3v) is 2.92. The summed E-state index contributed by atoms with van der Waals surface area (Å²) in [5.74, 6) is 0.350. The standard InChI is InChI=1S/C12H12BrN3O2/c1-14-7-11-15-6-10(18-11)12(17)16-9-5-3-2-4-8(9)13/h2-6,14H,7H2,1H3,(H,16,17). The smallest absolute Gasteiger partial charge is 0.293 e. The van der Waals surface area contributed by atoms with Gasteiger partial charge in [-0.15, -0.1) is 0 Å². The number of para-hydroxylation sites is 1. The molecule has 0 radical (unpaired) electrons. The summed E-state index contributed by atoms with van der Waals surface area (Å²) in [4.78, 5) is 15.9. The van der Waals surface area contributed by atoms with Crippen LogP contribution in [0.4, 0.5) is 5.69 Å². The first-order valence-corrected chi connectivity index (χ1v) is 6.15. The molecule has 1 heterocycles. The molecule has 0 atom stereocenters. The van der Waals surface area contributed by atoms with Crippen molar-refractivity contribution in [3.05, 3.63) is 46.6 Å². The van der Waals surface area contributed by atoms with Crippen molar-refractivity contribution in [3.8, 4) is 0 Å². The molecule has 0 aliphatic heterocycles. The van der Waals surface area contributed by atoms with Crippen molar-refractivity contribution in [1.82, 2.24) is 10.3 Å². The Labute approximate surface area is 113 Å². The molecule has 94 valence electrons. The molecule has 0 fully saturated rings. The Hall–Kier alpha value is -1.66.